The van der Waals surface area contributed by atoms with Crippen molar-refractivity contribution in [3.05, 3.63) is 89.5 Å². The van der Waals surface area contributed by atoms with Gasteiger partial charge >= 0.3 is 5.97 Å². The number of likely N-dealkylation sites (N-methyl/N-ethyl adjacent to an activating group) is 1. The molecule has 0 spiro atoms. The fraction of sp³-hybridized carbons (Fsp3) is 0.179. The van der Waals surface area contributed by atoms with Gasteiger partial charge in [-0.05, 0) is 48.9 Å². The molecule has 0 radical (unpaired) electrons. The summed E-state index contributed by atoms with van der Waals surface area (Å²) in [4.78, 5) is 37.2. The number of nitrogens with zero attached hydrogens (tertiary/aromatic N) is 1. The third-order valence-corrected chi connectivity index (χ3v) is 7.12. The molecule has 3 aromatic carbocycles. The van der Waals surface area contributed by atoms with E-state index in [1.165, 1.54) is 7.11 Å². The fourth-order valence-electron chi connectivity index (χ4n) is 4.19. The molecule has 1 aliphatic rings. The molecule has 0 saturated heterocycles. The number of carbonyl (C=O) groups excluding carboxylic acids is 3. The zero-order valence-electron chi connectivity index (χ0n) is 21.6. The molecule has 0 aliphatic carbocycles. The Kier molecular flexibility index (Phi) is 8.01. The molecule has 0 atom stereocenters. The highest BCUT2D eigenvalue weighted by molar-refractivity contribution is 7.92. The van der Waals surface area contributed by atoms with Crippen molar-refractivity contribution >= 4 is 56.1 Å². The molecule has 0 aromatic heterocycles. The van der Waals surface area contributed by atoms with E-state index in [1.54, 1.807) is 49.4 Å². The number of nitrogens with one attached hydrogen (secondary N) is 3. The minimum atomic E-state index is -3.72. The monoisotopic (exact) mass is 548 g/mol. The first-order valence-electron chi connectivity index (χ1n) is 12.1. The zero-order valence-corrected chi connectivity index (χ0v) is 22.5. The second kappa shape index (κ2) is 11.4. The van der Waals surface area contributed by atoms with Gasteiger partial charge in [-0.3, -0.25) is 13.9 Å². The largest absolute Gasteiger partial charge is 0.465 e. The third-order valence-electron chi connectivity index (χ3n) is 5.98. The predicted molar refractivity (Wildman–Crippen MR) is 151 cm³/mol. The molecule has 4 rings (SSSR count). The summed E-state index contributed by atoms with van der Waals surface area (Å²) < 4.78 is 30.6. The van der Waals surface area contributed by atoms with Crippen LogP contribution in [0.5, 0.6) is 0 Å². The number of amides is 2. The molecule has 0 unspecified atom stereocenters. The van der Waals surface area contributed by atoms with E-state index in [9.17, 15) is 22.8 Å². The average molecular weight is 549 g/mol. The van der Waals surface area contributed by atoms with Gasteiger partial charge in [-0.1, -0.05) is 36.4 Å². The topological polar surface area (TPSA) is 134 Å². The smallest absolute Gasteiger partial charge is 0.337 e. The molecule has 0 bridgehead atoms. The van der Waals surface area contributed by atoms with Crippen molar-refractivity contribution in [2.45, 2.75) is 6.92 Å². The van der Waals surface area contributed by atoms with E-state index < -0.39 is 21.9 Å². The lowest BCUT2D eigenvalue weighted by atomic mass is 9.99. The summed E-state index contributed by atoms with van der Waals surface area (Å²) in [5, 5.41) is 8.72. The van der Waals surface area contributed by atoms with Crippen molar-refractivity contribution in [2.24, 2.45) is 0 Å². The van der Waals surface area contributed by atoms with Crippen molar-refractivity contribution in [2.75, 3.05) is 41.4 Å². The fourth-order valence-corrected chi connectivity index (χ4v) is 5.04. The molecule has 2 amide bonds. The number of hydrogen-bond donors (Lipinski definition) is 3. The number of ether oxygens (including phenoxy) is 1. The Morgan fingerprint density at radius 3 is 2.28 bits per heavy atom. The molecule has 3 N–H and O–H groups in total. The minimum absolute atomic E-state index is 0.311. The van der Waals surface area contributed by atoms with E-state index in [-0.39, 0.29) is 12.5 Å². The van der Waals surface area contributed by atoms with Gasteiger partial charge in [-0.2, -0.15) is 0 Å². The number of sulfonamides is 1. The summed E-state index contributed by atoms with van der Waals surface area (Å²) in [6.07, 6.45) is 1.04. The molecule has 202 valence electrons. The number of esters is 1. The number of methoxy groups -OCH3 is 1. The maximum atomic E-state index is 13.2. The summed E-state index contributed by atoms with van der Waals surface area (Å²) >= 11 is 0. The minimum Gasteiger partial charge on any atom is -0.465 e. The van der Waals surface area contributed by atoms with Crippen LogP contribution in [0.3, 0.4) is 0 Å². The summed E-state index contributed by atoms with van der Waals surface area (Å²) in [5.74, 6) is -1.27. The molecule has 0 fully saturated rings. The maximum absolute atomic E-state index is 13.2. The summed E-state index contributed by atoms with van der Waals surface area (Å²) in [6.45, 7) is 1.79. The second-order valence-electron chi connectivity index (χ2n) is 8.72. The molecule has 39 heavy (non-hydrogen) atoms. The van der Waals surface area contributed by atoms with E-state index in [0.29, 0.717) is 46.0 Å². The number of carbonyl (C=O) groups is 3. The lowest BCUT2D eigenvalue weighted by Gasteiger charge is -2.22. The molecule has 0 saturated carbocycles. The summed E-state index contributed by atoms with van der Waals surface area (Å²) in [6, 6.07) is 20.6. The molecule has 10 nitrogen and oxygen atoms in total. The Hall–Kier alpha value is -4.64. The van der Waals surface area contributed by atoms with Crippen molar-refractivity contribution < 1.29 is 27.5 Å². The highest BCUT2D eigenvalue weighted by atomic mass is 32.2. The van der Waals surface area contributed by atoms with E-state index >= 15 is 0 Å². The van der Waals surface area contributed by atoms with Crippen molar-refractivity contribution in [3.8, 4) is 0 Å². The van der Waals surface area contributed by atoms with Gasteiger partial charge in [0.05, 0.1) is 41.6 Å². The summed E-state index contributed by atoms with van der Waals surface area (Å²) in [5.41, 5.74) is 3.96. The molecule has 11 heteroatoms. The van der Waals surface area contributed by atoms with Crippen LogP contribution >= 0.6 is 0 Å². The van der Waals surface area contributed by atoms with Crippen LogP contribution in [-0.4, -0.2) is 52.7 Å². The number of hydrogen-bond acceptors (Lipinski definition) is 7. The van der Waals surface area contributed by atoms with Gasteiger partial charge in [0.2, 0.25) is 15.9 Å². The van der Waals surface area contributed by atoms with Gasteiger partial charge in [-0.15, -0.1) is 0 Å². The van der Waals surface area contributed by atoms with Crippen LogP contribution in [0.4, 0.5) is 17.1 Å². The quantitative estimate of drug-likeness (QED) is 0.276. The van der Waals surface area contributed by atoms with Gasteiger partial charge < -0.3 is 20.7 Å². The van der Waals surface area contributed by atoms with Gasteiger partial charge in [0.15, 0.2) is 0 Å². The van der Waals surface area contributed by atoms with Gasteiger partial charge in [0, 0.05) is 17.8 Å². The molecule has 1 aliphatic heterocycles. The van der Waals surface area contributed by atoms with Crippen molar-refractivity contribution in [3.63, 3.8) is 0 Å². The summed E-state index contributed by atoms with van der Waals surface area (Å²) in [7, 11) is -2.43. The Labute approximate surface area is 226 Å². The Balaban J connectivity index is 1.73. The number of anilines is 3. The lowest BCUT2D eigenvalue weighted by molar-refractivity contribution is -0.119. The zero-order chi connectivity index (χ0) is 28.2. The second-order valence-corrected chi connectivity index (χ2v) is 10.6. The standard InChI is InChI=1S/C28H28N4O6S/c1-4-29-24(33)17-32(39(3,36)37)21-13-11-20(12-14-21)30-26(18-8-6-5-7-9-18)25-22-15-10-19(28(35)38-2)16-23(22)31-27(25)34/h5-16,30H,4,17H2,1-3H3,(H,29,33)(H,31,34)/b26-25-. The predicted octanol–water partition coefficient (Wildman–Crippen LogP) is 3.31. The molecular formula is C28H28N4O6S. The van der Waals surface area contributed by atoms with Crippen LogP contribution in [-0.2, 0) is 24.3 Å². The van der Waals surface area contributed by atoms with E-state index in [4.69, 9.17) is 4.74 Å². The van der Waals surface area contributed by atoms with Gasteiger partial charge in [0.25, 0.3) is 5.91 Å². The van der Waals surface area contributed by atoms with Crippen LogP contribution in [0.1, 0.15) is 28.4 Å². The van der Waals surface area contributed by atoms with Gasteiger partial charge in [-0.25, -0.2) is 13.2 Å². The number of rotatable bonds is 9. The Morgan fingerprint density at radius 1 is 0.974 bits per heavy atom. The highest BCUT2D eigenvalue weighted by Gasteiger charge is 2.29. The van der Waals surface area contributed by atoms with Gasteiger partial charge in [0.1, 0.15) is 6.54 Å². The number of benzene rings is 3. The van der Waals surface area contributed by atoms with Crippen LogP contribution in [0.25, 0.3) is 11.3 Å². The van der Waals surface area contributed by atoms with Crippen LogP contribution < -0.4 is 20.3 Å². The normalized spacial score (nSPS) is 13.7. The van der Waals surface area contributed by atoms with E-state index in [2.05, 4.69) is 16.0 Å². The van der Waals surface area contributed by atoms with Crippen LogP contribution in [0.15, 0.2) is 72.8 Å². The molecule has 1 heterocycles. The first kappa shape index (κ1) is 27.4. The Morgan fingerprint density at radius 2 is 1.67 bits per heavy atom. The van der Waals surface area contributed by atoms with Crippen LogP contribution in [0, 0.1) is 0 Å². The van der Waals surface area contributed by atoms with E-state index in [0.717, 1.165) is 16.1 Å². The lowest BCUT2D eigenvalue weighted by Crippen LogP contribution is -2.40. The first-order valence-corrected chi connectivity index (χ1v) is 13.9. The van der Waals surface area contributed by atoms with Crippen LogP contribution in [0.2, 0.25) is 0 Å². The molecular weight excluding hydrogens is 520 g/mol. The van der Waals surface area contributed by atoms with Crippen molar-refractivity contribution in [1.29, 1.82) is 0 Å². The average Bonchev–Trinajstić information content (AvgIpc) is 3.25. The SMILES string of the molecule is CCNC(=O)CN(c1ccc(N/C(=C2\C(=O)Nc3cc(C(=O)OC)ccc32)c2ccccc2)cc1)S(C)(=O)=O. The van der Waals surface area contributed by atoms with Crippen molar-refractivity contribution in [1.82, 2.24) is 5.32 Å². The third kappa shape index (κ3) is 6.10. The maximum Gasteiger partial charge on any atom is 0.337 e. The molecule has 3 aromatic rings. The Bertz CT molecular complexity index is 1550. The number of fused-ring (bicyclic) bond motifs is 1. The highest BCUT2D eigenvalue weighted by Crippen LogP contribution is 2.38. The first-order chi connectivity index (χ1) is 18.6. The van der Waals surface area contributed by atoms with E-state index in [1.807, 2.05) is 30.3 Å².